The second-order valence-electron chi connectivity index (χ2n) is 4.43. The second-order valence-corrected chi connectivity index (χ2v) is 4.43. The van der Waals surface area contributed by atoms with Crippen LogP contribution in [0.15, 0.2) is 24.3 Å². The molecule has 0 bridgehead atoms. The van der Waals surface area contributed by atoms with E-state index in [9.17, 15) is 5.11 Å². The smallest absolute Gasteiger partial charge is 0.0760 e. The highest BCUT2D eigenvalue weighted by atomic mass is 16.3. The van der Waals surface area contributed by atoms with E-state index in [1.54, 1.807) is 0 Å². The average Bonchev–Trinajstić information content (AvgIpc) is 2.70. The van der Waals surface area contributed by atoms with Crippen molar-refractivity contribution in [1.29, 1.82) is 0 Å². The summed E-state index contributed by atoms with van der Waals surface area (Å²) < 4.78 is 0. The van der Waals surface area contributed by atoms with Crippen LogP contribution in [0.3, 0.4) is 0 Å². The maximum atomic E-state index is 10.2. The third-order valence-electron chi connectivity index (χ3n) is 3.47. The van der Waals surface area contributed by atoms with Crippen LogP contribution in [-0.2, 0) is 6.54 Å². The van der Waals surface area contributed by atoms with Crippen LogP contribution in [0.5, 0.6) is 0 Å². The van der Waals surface area contributed by atoms with Crippen molar-refractivity contribution >= 4 is 0 Å². The molecule has 2 heteroatoms. The van der Waals surface area contributed by atoms with Crippen LogP contribution in [0.1, 0.15) is 37.4 Å². The maximum Gasteiger partial charge on any atom is 0.0760 e. The van der Waals surface area contributed by atoms with E-state index in [-0.39, 0.29) is 12.1 Å². The van der Waals surface area contributed by atoms with Gasteiger partial charge in [0.25, 0.3) is 0 Å². The predicted octanol–water partition coefficient (Wildman–Crippen LogP) is 2.24. The first kappa shape index (κ1) is 10.7. The molecule has 3 unspecified atom stereocenters. The molecule has 2 nitrogen and oxygen atoms in total. The number of aliphatic hydroxyl groups excluding tert-OH is 1. The fraction of sp³-hybridized carbons (Fsp3) is 0.538. The summed E-state index contributed by atoms with van der Waals surface area (Å²) >= 11 is 0. The summed E-state index contributed by atoms with van der Waals surface area (Å²) in [5, 5.41) is 13.6. The van der Waals surface area contributed by atoms with Gasteiger partial charge in [0.05, 0.1) is 12.1 Å². The lowest BCUT2D eigenvalue weighted by molar-refractivity contribution is 0.0776. The van der Waals surface area contributed by atoms with Crippen LogP contribution in [0, 0.1) is 5.92 Å². The number of hydrogen-bond acceptors (Lipinski definition) is 2. The lowest BCUT2D eigenvalue weighted by Gasteiger charge is -2.24. The van der Waals surface area contributed by atoms with Gasteiger partial charge in [-0.3, -0.25) is 0 Å². The summed E-state index contributed by atoms with van der Waals surface area (Å²) in [7, 11) is 0. The third-order valence-corrected chi connectivity index (χ3v) is 3.47. The minimum Gasteiger partial charge on any atom is -0.391 e. The Balaban J connectivity index is 2.20. The second kappa shape index (κ2) is 4.33. The molecule has 2 N–H and O–H groups in total. The molecular formula is C13H19NO. The van der Waals surface area contributed by atoms with E-state index >= 15 is 0 Å². The molecule has 3 atom stereocenters. The van der Waals surface area contributed by atoms with Gasteiger partial charge in [-0.05, 0) is 17.0 Å². The van der Waals surface area contributed by atoms with Gasteiger partial charge in [-0.15, -0.1) is 0 Å². The van der Waals surface area contributed by atoms with E-state index in [1.807, 2.05) is 6.07 Å². The highest BCUT2D eigenvalue weighted by Crippen LogP contribution is 2.30. The minimum absolute atomic E-state index is 0.121. The largest absolute Gasteiger partial charge is 0.391 e. The Labute approximate surface area is 91.3 Å². The Bertz CT molecular complexity index is 337. The lowest BCUT2D eigenvalue weighted by atomic mass is 9.91. The first-order valence-electron chi connectivity index (χ1n) is 5.73. The molecule has 2 rings (SSSR count). The quantitative estimate of drug-likeness (QED) is 0.793. The zero-order valence-electron chi connectivity index (χ0n) is 9.40. The maximum absolute atomic E-state index is 10.2. The molecular weight excluding hydrogens is 186 g/mol. The number of hydrogen-bond donors (Lipinski definition) is 2. The number of aliphatic hydroxyl groups is 1. The number of benzene rings is 1. The van der Waals surface area contributed by atoms with Gasteiger partial charge < -0.3 is 10.4 Å². The van der Waals surface area contributed by atoms with E-state index < -0.39 is 0 Å². The Morgan fingerprint density at radius 1 is 1.47 bits per heavy atom. The number of fused-ring (bicyclic) bond motifs is 1. The zero-order valence-corrected chi connectivity index (χ0v) is 9.40. The molecule has 1 aromatic rings. The van der Waals surface area contributed by atoms with Gasteiger partial charge in [-0.25, -0.2) is 0 Å². The van der Waals surface area contributed by atoms with Crippen LogP contribution >= 0.6 is 0 Å². The zero-order chi connectivity index (χ0) is 10.8. The van der Waals surface area contributed by atoms with Crippen molar-refractivity contribution in [2.45, 2.75) is 39.0 Å². The first-order chi connectivity index (χ1) is 7.24. The summed E-state index contributed by atoms with van der Waals surface area (Å²) in [6, 6.07) is 8.47. The first-order valence-corrected chi connectivity index (χ1v) is 5.73. The van der Waals surface area contributed by atoms with Gasteiger partial charge in [0, 0.05) is 6.54 Å². The molecule has 1 aliphatic heterocycles. The Morgan fingerprint density at radius 3 is 2.93 bits per heavy atom. The summed E-state index contributed by atoms with van der Waals surface area (Å²) in [5.41, 5.74) is 2.59. The predicted molar refractivity (Wildman–Crippen MR) is 61.5 cm³/mol. The van der Waals surface area contributed by atoms with Crippen molar-refractivity contribution in [3.63, 3.8) is 0 Å². The molecule has 82 valence electrons. The number of nitrogens with one attached hydrogen (secondary N) is 1. The summed E-state index contributed by atoms with van der Waals surface area (Å²) in [5.74, 6) is 0.341. The summed E-state index contributed by atoms with van der Waals surface area (Å²) in [6.07, 6.45) is 0.736. The van der Waals surface area contributed by atoms with Crippen LogP contribution in [0.2, 0.25) is 0 Å². The summed E-state index contributed by atoms with van der Waals surface area (Å²) in [4.78, 5) is 0. The fourth-order valence-corrected chi connectivity index (χ4v) is 2.20. The van der Waals surface area contributed by atoms with Crippen LogP contribution in [0.25, 0.3) is 0 Å². The molecule has 0 aromatic heterocycles. The third kappa shape index (κ3) is 1.92. The molecule has 0 aliphatic carbocycles. The average molecular weight is 205 g/mol. The normalized spacial score (nSPS) is 23.5. The highest BCUT2D eigenvalue weighted by Gasteiger charge is 2.30. The van der Waals surface area contributed by atoms with Gasteiger partial charge in [-0.2, -0.15) is 0 Å². The van der Waals surface area contributed by atoms with Crippen molar-refractivity contribution < 1.29 is 5.11 Å². The van der Waals surface area contributed by atoms with E-state index in [1.165, 1.54) is 11.1 Å². The van der Waals surface area contributed by atoms with Crippen molar-refractivity contribution in [1.82, 2.24) is 5.32 Å². The molecule has 1 aliphatic rings. The van der Waals surface area contributed by atoms with Crippen molar-refractivity contribution in [3.8, 4) is 0 Å². The van der Waals surface area contributed by atoms with E-state index in [2.05, 4.69) is 37.4 Å². The van der Waals surface area contributed by atoms with E-state index in [0.717, 1.165) is 13.0 Å². The molecule has 0 fully saturated rings. The Morgan fingerprint density at radius 2 is 2.20 bits per heavy atom. The van der Waals surface area contributed by atoms with Crippen LogP contribution in [-0.4, -0.2) is 11.2 Å². The van der Waals surface area contributed by atoms with Crippen molar-refractivity contribution in [3.05, 3.63) is 35.4 Å². The van der Waals surface area contributed by atoms with E-state index in [0.29, 0.717) is 5.92 Å². The van der Waals surface area contributed by atoms with Gasteiger partial charge in [0.2, 0.25) is 0 Å². The highest BCUT2D eigenvalue weighted by molar-refractivity contribution is 5.34. The molecule has 1 heterocycles. The monoisotopic (exact) mass is 205 g/mol. The van der Waals surface area contributed by atoms with Gasteiger partial charge in [0.1, 0.15) is 0 Å². The van der Waals surface area contributed by atoms with Crippen LogP contribution < -0.4 is 5.32 Å². The molecule has 1 aromatic carbocycles. The lowest BCUT2D eigenvalue weighted by Crippen LogP contribution is -2.31. The Kier molecular flexibility index (Phi) is 3.08. The van der Waals surface area contributed by atoms with E-state index in [4.69, 9.17) is 0 Å². The molecule has 15 heavy (non-hydrogen) atoms. The summed E-state index contributed by atoms with van der Waals surface area (Å²) in [6.45, 7) is 5.11. The molecule has 0 spiro atoms. The molecule has 0 saturated carbocycles. The SMILES string of the molecule is CCC(C)C(O)C1NCc2ccccc21. The standard InChI is InChI=1S/C13H19NO/c1-3-9(2)13(15)12-11-7-5-4-6-10(11)8-14-12/h4-7,9,12-15H,3,8H2,1-2H3. The molecule has 0 saturated heterocycles. The number of rotatable bonds is 3. The van der Waals surface area contributed by atoms with Crippen molar-refractivity contribution in [2.24, 2.45) is 5.92 Å². The fourth-order valence-electron chi connectivity index (χ4n) is 2.20. The van der Waals surface area contributed by atoms with Gasteiger partial charge in [-0.1, -0.05) is 44.5 Å². The van der Waals surface area contributed by atoms with Gasteiger partial charge >= 0.3 is 0 Å². The van der Waals surface area contributed by atoms with Gasteiger partial charge in [0.15, 0.2) is 0 Å². The molecule has 0 radical (unpaired) electrons. The minimum atomic E-state index is -0.279. The molecule has 0 amide bonds. The topological polar surface area (TPSA) is 32.3 Å². The Hall–Kier alpha value is -0.860. The van der Waals surface area contributed by atoms with Crippen molar-refractivity contribution in [2.75, 3.05) is 0 Å². The van der Waals surface area contributed by atoms with Crippen LogP contribution in [0.4, 0.5) is 0 Å².